The van der Waals surface area contributed by atoms with Gasteiger partial charge in [-0.05, 0) is 52.5 Å². The Bertz CT molecular complexity index is 993. The summed E-state index contributed by atoms with van der Waals surface area (Å²) in [5, 5.41) is 17.5. The molecule has 0 saturated carbocycles. The van der Waals surface area contributed by atoms with E-state index in [2.05, 4.69) is 31.8 Å². The molecule has 0 aliphatic rings. The van der Waals surface area contributed by atoms with Crippen molar-refractivity contribution in [1.29, 1.82) is 0 Å². The quantitative estimate of drug-likeness (QED) is 0.317. The Hall–Kier alpha value is -3.27. The normalized spacial score (nSPS) is 11.9. The number of ether oxygens (including phenoxy) is 1. The van der Waals surface area contributed by atoms with Gasteiger partial charge >= 0.3 is 0 Å². The first-order valence-electron chi connectivity index (χ1n) is 9.43. The number of nitro benzene ring substituents is 1. The first kappa shape index (κ1) is 24.0. The van der Waals surface area contributed by atoms with E-state index in [1.807, 2.05) is 19.1 Å². The van der Waals surface area contributed by atoms with Gasteiger partial charge in [0, 0.05) is 11.6 Å². The second-order valence-corrected chi connectivity index (χ2v) is 7.95. The van der Waals surface area contributed by atoms with Crippen molar-refractivity contribution in [3.8, 4) is 5.75 Å². The van der Waals surface area contributed by atoms with Gasteiger partial charge in [-0.2, -0.15) is 5.10 Å². The van der Waals surface area contributed by atoms with E-state index in [0.29, 0.717) is 15.8 Å². The summed E-state index contributed by atoms with van der Waals surface area (Å²) in [5.41, 5.74) is 3.68. The van der Waals surface area contributed by atoms with Gasteiger partial charge in [0.2, 0.25) is 0 Å². The van der Waals surface area contributed by atoms with Gasteiger partial charge in [-0.25, -0.2) is 5.43 Å². The van der Waals surface area contributed by atoms with Crippen LogP contribution in [-0.2, 0) is 9.59 Å². The number of hydrogen-bond donors (Lipinski definition) is 2. The third-order valence-corrected chi connectivity index (χ3v) is 4.85. The number of nitrogens with zero attached hydrogens (tertiary/aromatic N) is 2. The van der Waals surface area contributed by atoms with Gasteiger partial charge in [-0.3, -0.25) is 19.7 Å². The van der Waals surface area contributed by atoms with Crippen LogP contribution in [0.5, 0.6) is 5.75 Å². The summed E-state index contributed by atoms with van der Waals surface area (Å²) >= 11 is 3.10. The fourth-order valence-electron chi connectivity index (χ4n) is 2.59. The van der Waals surface area contributed by atoms with E-state index < -0.39 is 22.8 Å². The number of hydrogen-bond acceptors (Lipinski definition) is 6. The van der Waals surface area contributed by atoms with Gasteiger partial charge in [0.25, 0.3) is 17.5 Å². The van der Waals surface area contributed by atoms with Crippen LogP contribution in [0.4, 0.5) is 5.69 Å². The van der Waals surface area contributed by atoms with Crippen LogP contribution in [0, 0.1) is 23.0 Å². The van der Waals surface area contributed by atoms with Crippen molar-refractivity contribution in [1.82, 2.24) is 10.7 Å². The lowest BCUT2D eigenvalue weighted by Gasteiger charge is -2.20. The number of nitrogens with one attached hydrogen (secondary N) is 2. The molecule has 0 fully saturated rings. The Morgan fingerprint density at radius 2 is 2.00 bits per heavy atom. The fourth-order valence-corrected chi connectivity index (χ4v) is 2.99. The van der Waals surface area contributed by atoms with Crippen LogP contribution < -0.4 is 15.5 Å². The van der Waals surface area contributed by atoms with Gasteiger partial charge in [-0.15, -0.1) is 0 Å². The van der Waals surface area contributed by atoms with Crippen LogP contribution in [0.25, 0.3) is 0 Å². The lowest BCUT2D eigenvalue weighted by atomic mass is 10.0. The summed E-state index contributed by atoms with van der Waals surface area (Å²) in [6, 6.07) is 10.9. The minimum Gasteiger partial charge on any atom is -0.484 e. The highest BCUT2D eigenvalue weighted by Gasteiger charge is 2.24. The number of benzene rings is 2. The van der Waals surface area contributed by atoms with Gasteiger partial charge < -0.3 is 10.1 Å². The maximum atomic E-state index is 12.5. The molecule has 2 rings (SSSR count). The first-order valence-corrected chi connectivity index (χ1v) is 10.2. The standard InChI is InChI=1S/C21H23BrN4O5/c1-13(2)20(24-19(27)12-31-16-6-4-5-14(3)9-16)21(28)25-23-11-15-7-8-17(22)18(10-15)26(29)30/h4-11,13,20H,12H2,1-3H3,(H,24,27)(H,25,28)/b23-11+. The average Bonchev–Trinajstić information content (AvgIpc) is 2.71. The number of rotatable bonds is 9. The van der Waals surface area contributed by atoms with Crippen LogP contribution in [0.1, 0.15) is 25.0 Å². The summed E-state index contributed by atoms with van der Waals surface area (Å²) in [6.45, 7) is 5.26. The summed E-state index contributed by atoms with van der Waals surface area (Å²) in [6.07, 6.45) is 1.29. The molecule has 10 heteroatoms. The number of carbonyl (C=O) groups excluding carboxylic acids is 2. The number of hydrazone groups is 1. The Morgan fingerprint density at radius 1 is 1.26 bits per heavy atom. The summed E-state index contributed by atoms with van der Waals surface area (Å²) < 4.78 is 5.80. The largest absolute Gasteiger partial charge is 0.484 e. The molecule has 2 aromatic carbocycles. The molecule has 31 heavy (non-hydrogen) atoms. The molecule has 0 bridgehead atoms. The highest BCUT2D eigenvalue weighted by molar-refractivity contribution is 9.10. The molecule has 1 unspecified atom stereocenters. The SMILES string of the molecule is Cc1cccc(OCC(=O)NC(C(=O)N/N=C/c2ccc(Br)c([N+](=O)[O-])c2)C(C)C)c1. The van der Waals surface area contributed by atoms with Crippen molar-refractivity contribution in [2.45, 2.75) is 26.8 Å². The topological polar surface area (TPSA) is 123 Å². The number of carbonyl (C=O) groups is 2. The molecular formula is C21H23BrN4O5. The van der Waals surface area contributed by atoms with Crippen molar-refractivity contribution >= 4 is 39.6 Å². The highest BCUT2D eigenvalue weighted by atomic mass is 79.9. The van der Waals surface area contributed by atoms with E-state index in [9.17, 15) is 19.7 Å². The van der Waals surface area contributed by atoms with E-state index in [1.165, 1.54) is 18.3 Å². The van der Waals surface area contributed by atoms with Crippen LogP contribution in [0.3, 0.4) is 0 Å². The summed E-state index contributed by atoms with van der Waals surface area (Å²) in [7, 11) is 0. The zero-order valence-corrected chi connectivity index (χ0v) is 18.9. The third kappa shape index (κ3) is 7.49. The monoisotopic (exact) mass is 490 g/mol. The lowest BCUT2D eigenvalue weighted by molar-refractivity contribution is -0.385. The molecule has 0 saturated heterocycles. The van der Waals surface area contributed by atoms with E-state index in [4.69, 9.17) is 4.74 Å². The van der Waals surface area contributed by atoms with Crippen LogP contribution in [0.2, 0.25) is 0 Å². The predicted octanol–water partition coefficient (Wildman–Crippen LogP) is 3.34. The molecule has 0 aliphatic heterocycles. The predicted molar refractivity (Wildman–Crippen MR) is 120 cm³/mol. The molecule has 164 valence electrons. The summed E-state index contributed by atoms with van der Waals surface area (Å²) in [4.78, 5) is 35.2. The highest BCUT2D eigenvalue weighted by Crippen LogP contribution is 2.24. The Morgan fingerprint density at radius 3 is 2.65 bits per heavy atom. The van der Waals surface area contributed by atoms with E-state index >= 15 is 0 Å². The zero-order valence-electron chi connectivity index (χ0n) is 17.3. The van der Waals surface area contributed by atoms with E-state index in [1.54, 1.807) is 32.0 Å². The molecule has 0 heterocycles. The second-order valence-electron chi connectivity index (χ2n) is 7.10. The van der Waals surface area contributed by atoms with Crippen molar-refractivity contribution in [2.75, 3.05) is 6.61 Å². The molecular weight excluding hydrogens is 468 g/mol. The molecule has 0 radical (unpaired) electrons. The summed E-state index contributed by atoms with van der Waals surface area (Å²) in [5.74, 6) is -0.592. The number of halogens is 1. The van der Waals surface area contributed by atoms with Crippen LogP contribution in [0.15, 0.2) is 52.0 Å². The minimum atomic E-state index is -0.829. The average molecular weight is 491 g/mol. The molecule has 0 aromatic heterocycles. The maximum Gasteiger partial charge on any atom is 0.284 e. The maximum absolute atomic E-state index is 12.5. The minimum absolute atomic E-state index is 0.115. The van der Waals surface area contributed by atoms with Crippen molar-refractivity contribution in [3.05, 3.63) is 68.2 Å². The first-order chi connectivity index (χ1) is 14.7. The van der Waals surface area contributed by atoms with Crippen molar-refractivity contribution < 1.29 is 19.2 Å². The van der Waals surface area contributed by atoms with Crippen LogP contribution in [-0.4, -0.2) is 35.6 Å². The number of aryl methyl sites for hydroxylation is 1. The van der Waals surface area contributed by atoms with E-state index in [-0.39, 0.29) is 18.2 Å². The van der Waals surface area contributed by atoms with Gasteiger partial charge in [-0.1, -0.05) is 32.0 Å². The van der Waals surface area contributed by atoms with Crippen LogP contribution >= 0.6 is 15.9 Å². The fraction of sp³-hybridized carbons (Fsp3) is 0.286. The zero-order chi connectivity index (χ0) is 23.0. The molecule has 9 nitrogen and oxygen atoms in total. The Labute approximate surface area is 188 Å². The number of nitro groups is 1. The molecule has 2 N–H and O–H groups in total. The van der Waals surface area contributed by atoms with Crippen molar-refractivity contribution in [3.63, 3.8) is 0 Å². The van der Waals surface area contributed by atoms with Crippen molar-refractivity contribution in [2.24, 2.45) is 11.0 Å². The number of amides is 2. The Kier molecular flexibility index (Phi) is 8.68. The molecule has 1 atom stereocenters. The lowest BCUT2D eigenvalue weighted by Crippen LogP contribution is -2.49. The Balaban J connectivity index is 1.94. The van der Waals surface area contributed by atoms with Gasteiger partial charge in [0.1, 0.15) is 11.8 Å². The van der Waals surface area contributed by atoms with Gasteiger partial charge in [0.05, 0.1) is 15.6 Å². The van der Waals surface area contributed by atoms with Gasteiger partial charge in [0.15, 0.2) is 6.61 Å². The third-order valence-electron chi connectivity index (χ3n) is 4.18. The molecule has 0 spiro atoms. The second kappa shape index (κ2) is 11.2. The smallest absolute Gasteiger partial charge is 0.284 e. The molecule has 0 aliphatic carbocycles. The van der Waals surface area contributed by atoms with E-state index in [0.717, 1.165) is 5.56 Å². The molecule has 2 aromatic rings. The molecule has 2 amide bonds.